The Kier molecular flexibility index (Phi) is 5.08. The number of likely N-dealkylation sites (tertiary alicyclic amines) is 1. The number of rotatable bonds is 6. The number of aliphatic imine (C=N–C) groups is 1. The van der Waals surface area contributed by atoms with Gasteiger partial charge in [0.1, 0.15) is 11.6 Å². The summed E-state index contributed by atoms with van der Waals surface area (Å²) in [5.74, 6) is 1.62. The molecule has 1 saturated carbocycles. The van der Waals surface area contributed by atoms with Crippen molar-refractivity contribution in [2.45, 2.75) is 65.0 Å². The van der Waals surface area contributed by atoms with Gasteiger partial charge in [0.2, 0.25) is 0 Å². The Labute approximate surface area is 155 Å². The lowest BCUT2D eigenvalue weighted by Gasteiger charge is -2.26. The molecule has 1 unspecified atom stereocenters. The van der Waals surface area contributed by atoms with Crippen molar-refractivity contribution in [3.63, 3.8) is 0 Å². The highest BCUT2D eigenvalue weighted by molar-refractivity contribution is 5.99. The average molecular weight is 355 g/mol. The van der Waals surface area contributed by atoms with Crippen LogP contribution < -0.4 is 5.32 Å². The zero-order chi connectivity index (χ0) is 18.9. The highest BCUT2D eigenvalue weighted by Gasteiger charge is 2.39. The lowest BCUT2D eigenvalue weighted by molar-refractivity contribution is -0.128. The average Bonchev–Trinajstić information content (AvgIpc) is 3.02. The second-order valence-corrected chi connectivity index (χ2v) is 7.86. The summed E-state index contributed by atoms with van der Waals surface area (Å²) in [6, 6.07) is 3.84. The van der Waals surface area contributed by atoms with Crippen molar-refractivity contribution >= 4 is 12.6 Å². The largest absolute Gasteiger partial charge is 0.467 e. The van der Waals surface area contributed by atoms with E-state index in [0.717, 1.165) is 54.7 Å². The minimum atomic E-state index is 0.00805. The number of nitrogens with one attached hydrogen (secondary N) is 1. The third-order valence-corrected chi connectivity index (χ3v) is 5.41. The quantitative estimate of drug-likeness (QED) is 0.469. The van der Waals surface area contributed by atoms with E-state index in [9.17, 15) is 4.79 Å². The van der Waals surface area contributed by atoms with Crippen LogP contribution in [-0.2, 0) is 4.79 Å². The first-order valence-electron chi connectivity index (χ1n) is 9.34. The molecule has 1 amide bonds. The molecule has 1 N–H and O–H groups in total. The highest BCUT2D eigenvalue weighted by atomic mass is 16.3. The van der Waals surface area contributed by atoms with Crippen LogP contribution in [0.4, 0.5) is 0 Å². The molecule has 1 aliphatic heterocycles. The van der Waals surface area contributed by atoms with Gasteiger partial charge in [-0.05, 0) is 72.2 Å². The summed E-state index contributed by atoms with van der Waals surface area (Å²) in [7, 11) is 0. The van der Waals surface area contributed by atoms with Crippen molar-refractivity contribution in [1.29, 1.82) is 0 Å². The van der Waals surface area contributed by atoms with Gasteiger partial charge >= 0.3 is 0 Å². The van der Waals surface area contributed by atoms with E-state index in [1.807, 2.05) is 37.8 Å². The fourth-order valence-electron chi connectivity index (χ4n) is 3.65. The summed E-state index contributed by atoms with van der Waals surface area (Å²) in [5, 5.41) is 3.46. The standard InChI is InChI=1S/C21H29N3O2/c1-14(2)18(15(3)19(22-5)23-21(4)10-11-21)20(25)24-12-6-8-16(24)17-9-7-13-26-17/h7,9,13,16,23H,5-6,8,10-12H2,1-4H3/b19-15-. The van der Waals surface area contributed by atoms with Gasteiger partial charge in [-0.15, -0.1) is 0 Å². The first-order valence-corrected chi connectivity index (χ1v) is 9.34. The van der Waals surface area contributed by atoms with Gasteiger partial charge in [0.15, 0.2) is 0 Å². The van der Waals surface area contributed by atoms with Crippen molar-refractivity contribution in [3.05, 3.63) is 46.7 Å². The number of nitrogens with zero attached hydrogens (tertiary/aromatic N) is 2. The molecule has 2 aliphatic rings. The summed E-state index contributed by atoms with van der Waals surface area (Å²) >= 11 is 0. The van der Waals surface area contributed by atoms with E-state index in [2.05, 4.69) is 24.0 Å². The fourth-order valence-corrected chi connectivity index (χ4v) is 3.65. The molecule has 0 aromatic carbocycles. The van der Waals surface area contributed by atoms with Crippen molar-refractivity contribution in [1.82, 2.24) is 10.2 Å². The van der Waals surface area contributed by atoms with Crippen LogP contribution in [0.3, 0.4) is 0 Å². The molecular weight excluding hydrogens is 326 g/mol. The van der Waals surface area contributed by atoms with Gasteiger partial charge < -0.3 is 14.6 Å². The maximum Gasteiger partial charge on any atom is 0.254 e. The van der Waals surface area contributed by atoms with Crippen molar-refractivity contribution < 1.29 is 9.21 Å². The molecule has 0 spiro atoms. The molecule has 2 fully saturated rings. The van der Waals surface area contributed by atoms with Gasteiger partial charge in [-0.25, -0.2) is 4.99 Å². The first kappa shape index (κ1) is 18.5. The maximum atomic E-state index is 13.4. The Balaban J connectivity index is 1.91. The van der Waals surface area contributed by atoms with Gasteiger partial charge in [-0.3, -0.25) is 4.79 Å². The minimum Gasteiger partial charge on any atom is -0.467 e. The minimum absolute atomic E-state index is 0.00805. The lowest BCUT2D eigenvalue weighted by Crippen LogP contribution is -2.34. The Hall–Kier alpha value is -2.30. The van der Waals surface area contributed by atoms with Crippen LogP contribution >= 0.6 is 0 Å². The van der Waals surface area contributed by atoms with Crippen LogP contribution in [0.15, 0.2) is 50.3 Å². The predicted molar refractivity (Wildman–Crippen MR) is 104 cm³/mol. The maximum absolute atomic E-state index is 13.4. The van der Waals surface area contributed by atoms with E-state index in [4.69, 9.17) is 4.42 Å². The van der Waals surface area contributed by atoms with Crippen molar-refractivity contribution in [3.8, 4) is 0 Å². The Morgan fingerprint density at radius 3 is 2.65 bits per heavy atom. The van der Waals surface area contributed by atoms with Crippen LogP contribution in [-0.4, -0.2) is 29.6 Å². The van der Waals surface area contributed by atoms with Gasteiger partial charge in [-0.2, -0.15) is 0 Å². The molecule has 0 radical (unpaired) electrons. The van der Waals surface area contributed by atoms with Gasteiger partial charge in [0.25, 0.3) is 5.91 Å². The lowest BCUT2D eigenvalue weighted by atomic mass is 10.00. The molecule has 3 rings (SSSR count). The van der Waals surface area contributed by atoms with Crippen LogP contribution in [0.1, 0.15) is 65.2 Å². The monoisotopic (exact) mass is 355 g/mol. The SMILES string of the molecule is C=N/C(NC1(C)CC1)=C(\C)C(C(=O)N1CCCC1c1ccco1)=C(C)C. The normalized spacial score (nSPS) is 21.8. The number of hydrogen-bond donors (Lipinski definition) is 1. The van der Waals surface area contributed by atoms with Gasteiger partial charge in [0, 0.05) is 23.2 Å². The molecule has 0 bridgehead atoms. The highest BCUT2D eigenvalue weighted by Crippen LogP contribution is 2.38. The van der Waals surface area contributed by atoms with E-state index in [1.165, 1.54) is 0 Å². The number of allylic oxidation sites excluding steroid dienone is 1. The number of furan rings is 1. The van der Waals surface area contributed by atoms with E-state index in [0.29, 0.717) is 5.82 Å². The van der Waals surface area contributed by atoms with Gasteiger partial charge in [0.05, 0.1) is 12.3 Å². The summed E-state index contributed by atoms with van der Waals surface area (Å²) in [6.45, 7) is 12.6. The topological polar surface area (TPSA) is 57.8 Å². The Morgan fingerprint density at radius 2 is 2.12 bits per heavy atom. The molecule has 140 valence electrons. The number of carbonyl (C=O) groups is 1. The smallest absolute Gasteiger partial charge is 0.254 e. The van der Waals surface area contributed by atoms with E-state index in [1.54, 1.807) is 6.26 Å². The first-order chi connectivity index (χ1) is 12.4. The molecule has 5 heteroatoms. The second kappa shape index (κ2) is 7.14. The molecule has 1 saturated heterocycles. The second-order valence-electron chi connectivity index (χ2n) is 7.86. The van der Waals surface area contributed by atoms with E-state index in [-0.39, 0.29) is 17.5 Å². The zero-order valence-corrected chi connectivity index (χ0v) is 16.3. The predicted octanol–water partition coefficient (Wildman–Crippen LogP) is 4.35. The Morgan fingerprint density at radius 1 is 1.38 bits per heavy atom. The molecule has 1 aromatic heterocycles. The number of carbonyl (C=O) groups excluding carboxylic acids is 1. The van der Waals surface area contributed by atoms with Crippen LogP contribution in [0.5, 0.6) is 0 Å². The zero-order valence-electron chi connectivity index (χ0n) is 16.3. The summed E-state index contributed by atoms with van der Waals surface area (Å²) in [6.07, 6.45) is 5.82. The number of hydrogen-bond acceptors (Lipinski definition) is 4. The molecule has 5 nitrogen and oxygen atoms in total. The van der Waals surface area contributed by atoms with Crippen molar-refractivity contribution in [2.75, 3.05) is 6.54 Å². The number of amides is 1. The van der Waals surface area contributed by atoms with Crippen LogP contribution in [0.2, 0.25) is 0 Å². The summed E-state index contributed by atoms with van der Waals surface area (Å²) in [5.41, 5.74) is 2.66. The molecule has 26 heavy (non-hydrogen) atoms. The van der Waals surface area contributed by atoms with E-state index < -0.39 is 0 Å². The van der Waals surface area contributed by atoms with Crippen LogP contribution in [0, 0.1) is 0 Å². The molecule has 2 heterocycles. The Bertz CT molecular complexity index is 750. The molecule has 1 atom stereocenters. The molecule has 1 aromatic rings. The summed E-state index contributed by atoms with van der Waals surface area (Å²) < 4.78 is 5.58. The summed E-state index contributed by atoms with van der Waals surface area (Å²) in [4.78, 5) is 19.6. The third-order valence-electron chi connectivity index (χ3n) is 5.41. The van der Waals surface area contributed by atoms with Gasteiger partial charge in [-0.1, -0.05) is 5.57 Å². The molecular formula is C21H29N3O2. The van der Waals surface area contributed by atoms with Crippen molar-refractivity contribution in [2.24, 2.45) is 4.99 Å². The molecule has 1 aliphatic carbocycles. The third kappa shape index (κ3) is 3.62. The van der Waals surface area contributed by atoms with E-state index >= 15 is 0 Å². The fraction of sp³-hybridized carbons (Fsp3) is 0.524. The van der Waals surface area contributed by atoms with Crippen LogP contribution in [0.25, 0.3) is 0 Å².